The number of hydrogen-bond donors (Lipinski definition) is 0. The number of ether oxygens (including phenoxy) is 1. The van der Waals surface area contributed by atoms with Crippen molar-refractivity contribution in [3.63, 3.8) is 0 Å². The molecule has 0 fully saturated rings. The molecule has 0 saturated carbocycles. The van der Waals surface area contributed by atoms with Gasteiger partial charge in [-0.1, -0.05) is 6.58 Å². The van der Waals surface area contributed by atoms with Gasteiger partial charge in [-0.05, 0) is 6.92 Å². The lowest BCUT2D eigenvalue weighted by molar-refractivity contribution is -0.501. The average molecular weight is 1000 g/mol. The van der Waals surface area contributed by atoms with E-state index in [0.29, 0.717) is 0 Å². The van der Waals surface area contributed by atoms with Gasteiger partial charge in [0.25, 0.3) is 0 Å². The SMILES string of the molecule is C=C(C)C(=O)OC(F)(C(F)(F)C(F)(F)C(F)(F)C(F)(F)C(F)(F)C(F)(F)C(F)(F)F)C(F)(F)C(F)(F)C(F)(F)C(F)(F)C(F)(F)C(F)(F)C(F)(F)C(F)(F)C(F)(F)C(F)(F)F. The van der Waals surface area contributed by atoms with Gasteiger partial charge >= 0.3 is 113 Å². The van der Waals surface area contributed by atoms with E-state index in [1.165, 1.54) is 0 Å². The fourth-order valence-electron chi connectivity index (χ4n) is 3.47. The monoisotopic (exact) mass is 1000 g/mol. The van der Waals surface area contributed by atoms with Crippen LogP contribution < -0.4 is 0 Å². The second kappa shape index (κ2) is 14.1. The van der Waals surface area contributed by atoms with Gasteiger partial charge in [0.2, 0.25) is 0 Å². The van der Waals surface area contributed by atoms with Crippen LogP contribution in [0.4, 0.5) is 162 Å². The standard InChI is InChI=1S/C22H5F37O2/c1-3(2)4(60)61-20(53,17(47,48)13(39,40)9(31,32)11(35,36)15(43,44)19(51,52)22(57,58)59)16(45,46)12(37,38)8(29,30)6(25,26)5(23,24)7(27,28)10(33,34)14(41,42)18(49,50)21(54,55)56/h1H2,2H3. The molecule has 0 amide bonds. The fourth-order valence-corrected chi connectivity index (χ4v) is 3.47. The zero-order chi connectivity index (χ0) is 50.9. The summed E-state index contributed by atoms with van der Waals surface area (Å²) in [6.07, 6.45) is -17.0. The molecule has 0 bridgehead atoms. The van der Waals surface area contributed by atoms with Crippen molar-refractivity contribution in [1.29, 1.82) is 0 Å². The molecule has 0 aromatic rings. The number of carbonyl (C=O) groups is 1. The van der Waals surface area contributed by atoms with E-state index < -0.39 is 126 Å². The Labute approximate surface area is 305 Å². The van der Waals surface area contributed by atoms with Crippen molar-refractivity contribution < 1.29 is 172 Å². The minimum Gasteiger partial charge on any atom is -0.413 e. The van der Waals surface area contributed by atoms with E-state index in [1.807, 2.05) is 6.58 Å². The molecule has 61 heavy (non-hydrogen) atoms. The summed E-state index contributed by atoms with van der Waals surface area (Å²) in [5, 5.41) is 0. The van der Waals surface area contributed by atoms with Gasteiger partial charge in [0.05, 0.1) is 0 Å². The van der Waals surface area contributed by atoms with Crippen LogP contribution in [0.25, 0.3) is 0 Å². The minimum atomic E-state index is -10.4. The van der Waals surface area contributed by atoms with E-state index in [0.717, 1.165) is 0 Å². The normalized spacial score (nSPS) is 17.6. The summed E-state index contributed by atoms with van der Waals surface area (Å²) in [5.41, 5.74) is -2.49. The molecule has 1 atom stereocenters. The number of halogens is 37. The van der Waals surface area contributed by atoms with Gasteiger partial charge < -0.3 is 4.74 Å². The molecule has 0 aromatic carbocycles. The quantitative estimate of drug-likeness (QED) is 0.0825. The van der Waals surface area contributed by atoms with Gasteiger partial charge in [-0.25, -0.2) is 4.79 Å². The summed E-state index contributed by atoms with van der Waals surface area (Å²) in [5.74, 6) is -163. The van der Waals surface area contributed by atoms with E-state index in [9.17, 15) is 163 Å². The van der Waals surface area contributed by atoms with E-state index in [-0.39, 0.29) is 0 Å². The van der Waals surface area contributed by atoms with Crippen molar-refractivity contribution in [2.24, 2.45) is 0 Å². The number of rotatable bonds is 17. The van der Waals surface area contributed by atoms with Crippen LogP contribution in [0.3, 0.4) is 0 Å². The highest BCUT2D eigenvalue weighted by molar-refractivity contribution is 5.87. The van der Waals surface area contributed by atoms with Gasteiger partial charge in [0.1, 0.15) is 0 Å². The topological polar surface area (TPSA) is 26.3 Å². The molecule has 0 aliphatic rings. The highest BCUT2D eigenvalue weighted by Crippen LogP contribution is 2.70. The van der Waals surface area contributed by atoms with Gasteiger partial charge in [-0.3, -0.25) is 0 Å². The Morgan fingerprint density at radius 3 is 0.541 bits per heavy atom. The van der Waals surface area contributed by atoms with Gasteiger partial charge in [0.15, 0.2) is 0 Å². The van der Waals surface area contributed by atoms with Crippen molar-refractivity contribution in [2.75, 3.05) is 0 Å². The number of hydrogen-bond acceptors (Lipinski definition) is 2. The van der Waals surface area contributed by atoms with Crippen LogP contribution in [0, 0.1) is 0 Å². The summed E-state index contributed by atoms with van der Waals surface area (Å²) in [7, 11) is 0. The van der Waals surface area contributed by atoms with E-state index in [1.54, 1.807) is 4.74 Å². The molecule has 0 aromatic heterocycles. The third kappa shape index (κ3) is 6.71. The first kappa shape index (κ1) is 57.6. The van der Waals surface area contributed by atoms with Gasteiger partial charge in [-0.15, -0.1) is 0 Å². The summed E-state index contributed by atoms with van der Waals surface area (Å²) in [4.78, 5) is 11.4. The van der Waals surface area contributed by atoms with Crippen molar-refractivity contribution >= 4 is 5.97 Å². The maximum Gasteiger partial charge on any atom is 0.460 e. The zero-order valence-corrected chi connectivity index (χ0v) is 26.5. The maximum atomic E-state index is 15.3. The third-order valence-corrected chi connectivity index (χ3v) is 7.23. The van der Waals surface area contributed by atoms with Crippen LogP contribution in [0.1, 0.15) is 6.92 Å². The Kier molecular flexibility index (Phi) is 13.3. The van der Waals surface area contributed by atoms with E-state index in [2.05, 4.69) is 0 Å². The Morgan fingerprint density at radius 2 is 0.410 bits per heavy atom. The lowest BCUT2D eigenvalue weighted by Crippen LogP contribution is -2.81. The predicted molar refractivity (Wildman–Crippen MR) is 111 cm³/mol. The Hall–Kier alpha value is -3.38. The predicted octanol–water partition coefficient (Wildman–Crippen LogP) is 12.4. The van der Waals surface area contributed by atoms with Crippen LogP contribution in [0.2, 0.25) is 0 Å². The summed E-state index contributed by atoms with van der Waals surface area (Å²) in [6, 6.07) is 0. The highest BCUT2D eigenvalue weighted by Gasteiger charge is 3.03. The second-order valence-corrected chi connectivity index (χ2v) is 11.4. The lowest BCUT2D eigenvalue weighted by Gasteiger charge is -2.48. The van der Waals surface area contributed by atoms with Gasteiger partial charge in [-0.2, -0.15) is 162 Å². The Morgan fingerprint density at radius 1 is 0.279 bits per heavy atom. The molecule has 39 heteroatoms. The largest absolute Gasteiger partial charge is 0.460 e. The Balaban J connectivity index is 8.49. The highest BCUT2D eigenvalue weighted by atomic mass is 19.4. The van der Waals surface area contributed by atoms with Crippen molar-refractivity contribution in [3.8, 4) is 0 Å². The number of carbonyl (C=O) groups excluding carboxylic acids is 1. The maximum absolute atomic E-state index is 15.3. The lowest BCUT2D eigenvalue weighted by atomic mass is 9.81. The van der Waals surface area contributed by atoms with Crippen LogP contribution in [0.5, 0.6) is 0 Å². The summed E-state index contributed by atoms with van der Waals surface area (Å²) in [6.45, 7) is 1.35. The van der Waals surface area contributed by atoms with Crippen molar-refractivity contribution in [3.05, 3.63) is 12.2 Å². The summed E-state index contributed by atoms with van der Waals surface area (Å²) < 4.78 is 507. The van der Waals surface area contributed by atoms with Crippen LogP contribution in [-0.2, 0) is 9.53 Å². The second-order valence-electron chi connectivity index (χ2n) is 11.4. The zero-order valence-electron chi connectivity index (χ0n) is 26.5. The van der Waals surface area contributed by atoms with Crippen LogP contribution in [0.15, 0.2) is 12.2 Å². The van der Waals surface area contributed by atoms with Crippen molar-refractivity contribution in [1.82, 2.24) is 0 Å². The molecule has 0 saturated heterocycles. The first-order valence-electron chi connectivity index (χ1n) is 13.0. The molecule has 2 nitrogen and oxygen atoms in total. The molecule has 0 aliphatic carbocycles. The van der Waals surface area contributed by atoms with Gasteiger partial charge in [0, 0.05) is 5.57 Å². The first-order valence-corrected chi connectivity index (χ1v) is 13.0. The van der Waals surface area contributed by atoms with Crippen molar-refractivity contribution in [2.45, 2.75) is 114 Å². The molecule has 0 heterocycles. The van der Waals surface area contributed by atoms with E-state index in [4.69, 9.17) is 0 Å². The molecular weight excluding hydrogens is 999 g/mol. The molecule has 0 aliphatic heterocycles. The summed E-state index contributed by atoms with van der Waals surface area (Å²) >= 11 is 0. The molecule has 0 spiro atoms. The van der Waals surface area contributed by atoms with E-state index >= 15 is 4.39 Å². The molecule has 0 radical (unpaired) electrons. The first-order chi connectivity index (χ1) is 25.6. The molecule has 0 rings (SSSR count). The average Bonchev–Trinajstić information content (AvgIpc) is 3.01. The van der Waals surface area contributed by atoms with Crippen LogP contribution in [-0.4, -0.2) is 113 Å². The Bertz CT molecular complexity index is 1660. The van der Waals surface area contributed by atoms with Crippen LogP contribution >= 0.6 is 0 Å². The molecule has 0 N–H and O–H groups in total. The number of esters is 1. The molecule has 364 valence electrons. The number of alkyl halides is 37. The smallest absolute Gasteiger partial charge is 0.413 e. The third-order valence-electron chi connectivity index (χ3n) is 7.23. The molecular formula is C22H5F37O2. The minimum absolute atomic E-state index is 0.499. The molecule has 1 unspecified atom stereocenters. The fraction of sp³-hybridized carbons (Fsp3) is 0.864.